The lowest BCUT2D eigenvalue weighted by atomic mass is 9.36. The minimum Gasteiger partial charge on any atom is -0.491 e. The SMILES string of the molecule is C=C(C)OC1C[C@@]2(C)[C@@H](C[C@@H](O)[C@H]3[C@@]4(C)CC[C@@H](C)[C@H](C)[C@@H]4CC[C@]32CBr)/C1=C(\CCC(Br)=C(C)C)C(=O)O. The van der Waals surface area contributed by atoms with Gasteiger partial charge in [0.1, 0.15) is 6.10 Å². The molecule has 0 heterocycles. The Kier molecular flexibility index (Phi) is 9.04. The Morgan fingerprint density at radius 3 is 2.36 bits per heavy atom. The summed E-state index contributed by atoms with van der Waals surface area (Å²) >= 11 is 7.68. The lowest BCUT2D eigenvalue weighted by Crippen LogP contribution is -2.67. The highest BCUT2D eigenvalue weighted by Crippen LogP contribution is 2.75. The summed E-state index contributed by atoms with van der Waals surface area (Å²) in [5.41, 5.74) is 2.27. The van der Waals surface area contributed by atoms with Crippen molar-refractivity contribution < 1.29 is 19.7 Å². The second-order valence-corrected chi connectivity index (χ2v) is 15.7. The van der Waals surface area contributed by atoms with Crippen molar-refractivity contribution in [3.05, 3.63) is 33.5 Å². The number of hydrogen-bond acceptors (Lipinski definition) is 3. The van der Waals surface area contributed by atoms with Gasteiger partial charge in [0.15, 0.2) is 0 Å². The molecule has 4 aliphatic rings. The molecule has 0 radical (unpaired) electrons. The Balaban J connectivity index is 1.86. The van der Waals surface area contributed by atoms with Gasteiger partial charge in [-0.25, -0.2) is 4.79 Å². The van der Waals surface area contributed by atoms with Crippen LogP contribution in [0.1, 0.15) is 99.8 Å². The third-order valence-electron chi connectivity index (χ3n) is 12.2. The number of alkyl halides is 1. The first-order chi connectivity index (χ1) is 18.1. The van der Waals surface area contributed by atoms with Crippen LogP contribution in [-0.2, 0) is 9.53 Å². The number of carboxylic acid groups (broad SMARTS) is 1. The third-order valence-corrected chi connectivity index (χ3v) is 14.3. The first-order valence-electron chi connectivity index (χ1n) is 15.0. The van der Waals surface area contributed by atoms with E-state index in [0.29, 0.717) is 42.4 Å². The minimum absolute atomic E-state index is 0.0395. The summed E-state index contributed by atoms with van der Waals surface area (Å²) in [7, 11) is 0. The topological polar surface area (TPSA) is 66.8 Å². The molecule has 0 spiro atoms. The highest BCUT2D eigenvalue weighted by molar-refractivity contribution is 9.11. The standard InChI is InChI=1S/C33H50Br2O4/c1-18(2)25(35)10-9-22(30(37)38)28-24-15-26(36)29-31(7)13-11-20(5)21(6)23(31)12-14-33(29,17-34)32(24,8)16-27(28)39-19(3)4/h20-21,23-24,26-27,29,36H,3,9-17H2,1-2,4-8H3,(H,37,38)/b28-22-/t20-,21+,23+,24+,26-,27?,29+,31+,32+,33+/m1/s1. The Labute approximate surface area is 253 Å². The molecule has 0 aromatic heterocycles. The number of allylic oxidation sites excluding steroid dienone is 3. The van der Waals surface area contributed by atoms with Crippen molar-refractivity contribution in [2.45, 2.75) is 112 Å². The zero-order valence-corrected chi connectivity index (χ0v) is 28.3. The second-order valence-electron chi connectivity index (χ2n) is 14.2. The molecule has 4 aliphatic carbocycles. The molecule has 0 aromatic carbocycles. The number of aliphatic hydroxyl groups excluding tert-OH is 1. The fourth-order valence-corrected chi connectivity index (χ4v) is 11.5. The van der Waals surface area contributed by atoms with Crippen molar-refractivity contribution in [1.29, 1.82) is 0 Å². The van der Waals surface area contributed by atoms with E-state index in [2.05, 4.69) is 66.1 Å². The van der Waals surface area contributed by atoms with Gasteiger partial charge in [-0.2, -0.15) is 0 Å². The summed E-state index contributed by atoms with van der Waals surface area (Å²) in [4.78, 5) is 12.9. The maximum Gasteiger partial charge on any atom is 0.331 e. The van der Waals surface area contributed by atoms with E-state index in [1.807, 2.05) is 20.8 Å². The van der Waals surface area contributed by atoms with Crippen LogP contribution in [0.3, 0.4) is 0 Å². The van der Waals surface area contributed by atoms with Gasteiger partial charge in [-0.1, -0.05) is 71.7 Å². The van der Waals surface area contributed by atoms with E-state index >= 15 is 0 Å². The normalized spacial score (nSPS) is 44.5. The molecule has 39 heavy (non-hydrogen) atoms. The van der Waals surface area contributed by atoms with E-state index in [1.165, 1.54) is 12.8 Å². The predicted molar refractivity (Wildman–Crippen MR) is 166 cm³/mol. The molecule has 4 rings (SSSR count). The Morgan fingerprint density at radius 2 is 1.79 bits per heavy atom. The fourth-order valence-electron chi connectivity index (χ4n) is 10.0. The number of aliphatic hydroxyl groups is 1. The van der Waals surface area contributed by atoms with Gasteiger partial charge >= 0.3 is 5.97 Å². The summed E-state index contributed by atoms with van der Waals surface area (Å²) < 4.78 is 7.45. The van der Waals surface area contributed by atoms with Gasteiger partial charge in [0.05, 0.1) is 11.9 Å². The number of rotatable bonds is 7. The molecule has 0 aromatic rings. The van der Waals surface area contributed by atoms with Crippen LogP contribution >= 0.6 is 31.9 Å². The summed E-state index contributed by atoms with van der Waals surface area (Å²) in [6, 6.07) is 0. The lowest BCUT2D eigenvalue weighted by molar-refractivity contribution is -0.226. The van der Waals surface area contributed by atoms with Crippen LogP contribution in [0.4, 0.5) is 0 Å². The summed E-state index contributed by atoms with van der Waals surface area (Å²) in [5.74, 6) is 1.87. The van der Waals surface area contributed by atoms with Gasteiger partial charge in [0.25, 0.3) is 0 Å². The number of hydrogen-bond donors (Lipinski definition) is 2. The number of carboxylic acids is 1. The molecule has 4 fully saturated rings. The van der Waals surface area contributed by atoms with Gasteiger partial charge in [0.2, 0.25) is 0 Å². The first kappa shape index (κ1) is 31.3. The largest absolute Gasteiger partial charge is 0.491 e. The molecule has 1 unspecified atom stereocenters. The van der Waals surface area contributed by atoms with Gasteiger partial charge in [-0.05, 0) is 128 Å². The number of ether oxygens (including phenoxy) is 1. The molecule has 0 saturated heterocycles. The summed E-state index contributed by atoms with van der Waals surface area (Å²) in [5, 5.41) is 23.5. The lowest BCUT2D eigenvalue weighted by Gasteiger charge is -2.69. The van der Waals surface area contributed by atoms with Crippen LogP contribution in [-0.4, -0.2) is 33.7 Å². The molecular formula is C33H50Br2O4. The summed E-state index contributed by atoms with van der Waals surface area (Å²) in [6.07, 6.45) is 6.26. The second kappa shape index (κ2) is 11.2. The molecule has 0 amide bonds. The number of fused-ring (bicyclic) bond motifs is 5. The molecule has 0 aliphatic heterocycles. The van der Waals surface area contributed by atoms with Crippen molar-refractivity contribution in [2.75, 3.05) is 5.33 Å². The van der Waals surface area contributed by atoms with Crippen molar-refractivity contribution in [3.63, 3.8) is 0 Å². The maximum absolute atomic E-state index is 12.9. The van der Waals surface area contributed by atoms with Crippen LogP contribution in [0, 0.1) is 45.8 Å². The van der Waals surface area contributed by atoms with Crippen molar-refractivity contribution in [3.8, 4) is 0 Å². The zero-order valence-electron chi connectivity index (χ0n) is 25.1. The van der Waals surface area contributed by atoms with Gasteiger partial charge in [0, 0.05) is 10.9 Å². The highest BCUT2D eigenvalue weighted by atomic mass is 79.9. The molecule has 0 bridgehead atoms. The maximum atomic E-state index is 12.9. The van der Waals surface area contributed by atoms with E-state index in [1.54, 1.807) is 0 Å². The van der Waals surface area contributed by atoms with E-state index in [4.69, 9.17) is 4.74 Å². The van der Waals surface area contributed by atoms with Gasteiger partial charge in [-0.3, -0.25) is 0 Å². The molecule has 220 valence electrons. The molecular weight excluding hydrogens is 620 g/mol. The predicted octanol–water partition coefficient (Wildman–Crippen LogP) is 9.03. The Morgan fingerprint density at radius 1 is 1.13 bits per heavy atom. The zero-order chi connectivity index (χ0) is 29.1. The molecule has 4 saturated carbocycles. The monoisotopic (exact) mass is 668 g/mol. The van der Waals surface area contributed by atoms with E-state index in [9.17, 15) is 15.0 Å². The van der Waals surface area contributed by atoms with E-state index in [0.717, 1.165) is 46.1 Å². The Bertz CT molecular complexity index is 1060. The average molecular weight is 671 g/mol. The molecule has 4 nitrogen and oxygen atoms in total. The van der Waals surface area contributed by atoms with Crippen LogP contribution in [0.25, 0.3) is 0 Å². The van der Waals surface area contributed by atoms with Crippen LogP contribution < -0.4 is 0 Å². The van der Waals surface area contributed by atoms with Gasteiger partial charge in [-0.15, -0.1) is 0 Å². The smallest absolute Gasteiger partial charge is 0.331 e. The first-order valence-corrected chi connectivity index (χ1v) is 16.9. The fraction of sp³-hybridized carbons (Fsp3) is 0.788. The van der Waals surface area contributed by atoms with Gasteiger partial charge < -0.3 is 14.9 Å². The van der Waals surface area contributed by atoms with E-state index < -0.39 is 12.1 Å². The van der Waals surface area contributed by atoms with Crippen LogP contribution in [0.5, 0.6) is 0 Å². The number of aliphatic carboxylic acids is 1. The highest BCUT2D eigenvalue weighted by Gasteiger charge is 2.72. The Hall–Kier alpha value is -0.590. The molecule has 10 atom stereocenters. The third kappa shape index (κ3) is 4.94. The summed E-state index contributed by atoms with van der Waals surface area (Å²) in [6.45, 7) is 19.7. The minimum atomic E-state index is -0.867. The number of halogens is 2. The quantitative estimate of drug-likeness (QED) is 0.161. The van der Waals surface area contributed by atoms with E-state index in [-0.39, 0.29) is 34.2 Å². The van der Waals surface area contributed by atoms with Crippen LogP contribution in [0.15, 0.2) is 33.5 Å². The molecule has 6 heteroatoms. The average Bonchev–Trinajstić information content (AvgIpc) is 3.12. The van der Waals surface area contributed by atoms with Crippen LogP contribution in [0.2, 0.25) is 0 Å². The molecule has 2 N–H and O–H groups in total. The number of carbonyl (C=O) groups is 1. The van der Waals surface area contributed by atoms with Crippen molar-refractivity contribution in [2.24, 2.45) is 45.8 Å². The van der Waals surface area contributed by atoms with Crippen molar-refractivity contribution >= 4 is 37.8 Å². The van der Waals surface area contributed by atoms with Crippen molar-refractivity contribution in [1.82, 2.24) is 0 Å².